The summed E-state index contributed by atoms with van der Waals surface area (Å²) in [5.74, 6) is 0.740. The first-order valence-electron chi connectivity index (χ1n) is 8.07. The third kappa shape index (κ3) is 9.45. The lowest BCUT2D eigenvalue weighted by Gasteiger charge is -2.35. The van der Waals surface area contributed by atoms with Crippen molar-refractivity contribution in [3.63, 3.8) is 0 Å². The van der Waals surface area contributed by atoms with E-state index >= 15 is 0 Å². The fraction of sp³-hybridized carbons (Fsp3) is 1.00. The Labute approximate surface area is 121 Å². The molecule has 0 radical (unpaired) electrons. The van der Waals surface area contributed by atoms with Crippen LogP contribution >= 0.6 is 0 Å². The summed E-state index contributed by atoms with van der Waals surface area (Å²) in [5, 5.41) is 3.67. The van der Waals surface area contributed by atoms with E-state index in [0.29, 0.717) is 5.41 Å². The van der Waals surface area contributed by atoms with E-state index in [1.54, 1.807) is 0 Å². The highest BCUT2D eigenvalue weighted by Gasteiger charge is 2.27. The van der Waals surface area contributed by atoms with Crippen molar-refractivity contribution in [2.45, 2.75) is 79.7 Å². The fourth-order valence-corrected chi connectivity index (χ4v) is 2.10. The molecule has 0 spiro atoms. The number of hydrogen-bond donors (Lipinski definition) is 1. The highest BCUT2D eigenvalue weighted by Crippen LogP contribution is 2.30. The molecule has 0 aliphatic carbocycles. The van der Waals surface area contributed by atoms with Crippen LogP contribution in [0, 0.1) is 11.3 Å². The Bertz CT molecular complexity index is 214. The summed E-state index contributed by atoms with van der Waals surface area (Å²) in [6, 6.07) is 0. The minimum absolute atomic E-state index is 0.202. The van der Waals surface area contributed by atoms with Crippen molar-refractivity contribution < 1.29 is 4.74 Å². The van der Waals surface area contributed by atoms with E-state index in [-0.39, 0.29) is 5.54 Å². The molecule has 116 valence electrons. The van der Waals surface area contributed by atoms with Gasteiger partial charge in [-0.25, -0.2) is 0 Å². The summed E-state index contributed by atoms with van der Waals surface area (Å²) in [6.07, 6.45) is 4.78. The van der Waals surface area contributed by atoms with Gasteiger partial charge in [-0.2, -0.15) is 0 Å². The number of ether oxygens (including phenoxy) is 1. The van der Waals surface area contributed by atoms with Crippen LogP contribution in [0.1, 0.15) is 74.1 Å². The average molecular weight is 271 g/mol. The van der Waals surface area contributed by atoms with Gasteiger partial charge in [0.15, 0.2) is 0 Å². The van der Waals surface area contributed by atoms with Gasteiger partial charge in [-0.1, -0.05) is 27.7 Å². The van der Waals surface area contributed by atoms with Gasteiger partial charge in [0.05, 0.1) is 0 Å². The van der Waals surface area contributed by atoms with Gasteiger partial charge >= 0.3 is 0 Å². The summed E-state index contributed by atoms with van der Waals surface area (Å²) in [6.45, 7) is 18.7. The first-order chi connectivity index (χ1) is 8.74. The van der Waals surface area contributed by atoms with Gasteiger partial charge in [-0.15, -0.1) is 0 Å². The standard InChI is InChI=1S/C17H37NO/c1-8-17(9-2,14-18-16(5,6)7)11-13-19-12-10-15(3)4/h15,18H,8-14H2,1-7H3. The molecule has 0 atom stereocenters. The van der Waals surface area contributed by atoms with E-state index in [0.717, 1.165) is 25.7 Å². The third-order valence-corrected chi connectivity index (χ3v) is 4.11. The zero-order valence-electron chi connectivity index (χ0n) is 14.4. The van der Waals surface area contributed by atoms with Crippen LogP contribution in [0.4, 0.5) is 0 Å². The Morgan fingerprint density at radius 1 is 1.00 bits per heavy atom. The molecule has 0 aromatic rings. The molecular formula is C17H37NO. The predicted octanol–water partition coefficient (Wildman–Crippen LogP) is 4.63. The molecule has 19 heavy (non-hydrogen) atoms. The zero-order chi connectivity index (χ0) is 14.9. The van der Waals surface area contributed by atoms with Gasteiger partial charge in [0, 0.05) is 25.3 Å². The highest BCUT2D eigenvalue weighted by molar-refractivity contribution is 4.83. The Balaban J connectivity index is 4.08. The fourth-order valence-electron chi connectivity index (χ4n) is 2.10. The molecule has 0 aliphatic rings. The molecule has 2 nitrogen and oxygen atoms in total. The minimum atomic E-state index is 0.202. The second kappa shape index (κ2) is 8.97. The van der Waals surface area contributed by atoms with Crippen molar-refractivity contribution in [2.24, 2.45) is 11.3 Å². The Morgan fingerprint density at radius 2 is 1.58 bits per heavy atom. The Kier molecular flexibility index (Phi) is 8.93. The first-order valence-corrected chi connectivity index (χ1v) is 8.07. The Hall–Kier alpha value is -0.0800. The summed E-state index contributed by atoms with van der Waals surface area (Å²) in [5.41, 5.74) is 0.596. The molecule has 0 aromatic heterocycles. The maximum atomic E-state index is 5.81. The van der Waals surface area contributed by atoms with Crippen LogP contribution in [0.5, 0.6) is 0 Å². The monoisotopic (exact) mass is 271 g/mol. The van der Waals surface area contributed by atoms with E-state index in [1.165, 1.54) is 25.7 Å². The predicted molar refractivity (Wildman–Crippen MR) is 85.7 cm³/mol. The summed E-state index contributed by atoms with van der Waals surface area (Å²) >= 11 is 0. The highest BCUT2D eigenvalue weighted by atomic mass is 16.5. The summed E-state index contributed by atoms with van der Waals surface area (Å²) in [4.78, 5) is 0. The quantitative estimate of drug-likeness (QED) is 0.585. The molecule has 0 bridgehead atoms. The maximum Gasteiger partial charge on any atom is 0.0471 e. The number of hydrogen-bond acceptors (Lipinski definition) is 2. The largest absolute Gasteiger partial charge is 0.381 e. The van der Waals surface area contributed by atoms with Crippen molar-refractivity contribution in [3.05, 3.63) is 0 Å². The van der Waals surface area contributed by atoms with Gasteiger partial charge in [0.1, 0.15) is 0 Å². The van der Waals surface area contributed by atoms with Crippen LogP contribution in [0.3, 0.4) is 0 Å². The SMILES string of the molecule is CCC(CC)(CCOCCC(C)C)CNC(C)(C)C. The normalized spacial score (nSPS) is 13.3. The summed E-state index contributed by atoms with van der Waals surface area (Å²) in [7, 11) is 0. The molecule has 2 heteroatoms. The van der Waals surface area contributed by atoms with Crippen molar-refractivity contribution in [3.8, 4) is 0 Å². The van der Waals surface area contributed by atoms with Crippen LogP contribution < -0.4 is 5.32 Å². The summed E-state index contributed by atoms with van der Waals surface area (Å²) < 4.78 is 5.81. The van der Waals surface area contributed by atoms with Crippen LogP contribution in [0.2, 0.25) is 0 Å². The molecule has 0 heterocycles. The van der Waals surface area contributed by atoms with Gasteiger partial charge < -0.3 is 10.1 Å². The molecule has 0 saturated carbocycles. The number of rotatable bonds is 10. The molecular weight excluding hydrogens is 234 g/mol. The van der Waals surface area contributed by atoms with E-state index in [2.05, 4.69) is 53.8 Å². The van der Waals surface area contributed by atoms with Crippen molar-refractivity contribution in [1.82, 2.24) is 5.32 Å². The second-order valence-corrected chi connectivity index (χ2v) is 7.36. The zero-order valence-corrected chi connectivity index (χ0v) is 14.4. The van der Waals surface area contributed by atoms with Crippen LogP contribution in [0.25, 0.3) is 0 Å². The third-order valence-electron chi connectivity index (χ3n) is 4.11. The first kappa shape index (κ1) is 18.9. The van der Waals surface area contributed by atoms with Crippen molar-refractivity contribution >= 4 is 0 Å². The van der Waals surface area contributed by atoms with Gasteiger partial charge in [-0.3, -0.25) is 0 Å². The average Bonchev–Trinajstić information content (AvgIpc) is 2.32. The second-order valence-electron chi connectivity index (χ2n) is 7.36. The minimum Gasteiger partial charge on any atom is -0.381 e. The molecule has 0 amide bonds. The van der Waals surface area contributed by atoms with E-state index in [4.69, 9.17) is 4.74 Å². The van der Waals surface area contributed by atoms with Crippen LogP contribution in [-0.2, 0) is 4.74 Å². The van der Waals surface area contributed by atoms with Gasteiger partial charge in [0.2, 0.25) is 0 Å². The van der Waals surface area contributed by atoms with Crippen LogP contribution in [0.15, 0.2) is 0 Å². The van der Waals surface area contributed by atoms with Crippen LogP contribution in [-0.4, -0.2) is 25.3 Å². The van der Waals surface area contributed by atoms with E-state index in [9.17, 15) is 0 Å². The maximum absolute atomic E-state index is 5.81. The molecule has 0 unspecified atom stereocenters. The molecule has 0 aromatic carbocycles. The van der Waals surface area contributed by atoms with Gasteiger partial charge in [-0.05, 0) is 57.8 Å². The molecule has 0 saturated heterocycles. The lowest BCUT2D eigenvalue weighted by molar-refractivity contribution is 0.0788. The lowest BCUT2D eigenvalue weighted by Crippen LogP contribution is -2.44. The number of nitrogens with one attached hydrogen (secondary N) is 1. The van der Waals surface area contributed by atoms with Gasteiger partial charge in [0.25, 0.3) is 0 Å². The van der Waals surface area contributed by atoms with E-state index < -0.39 is 0 Å². The van der Waals surface area contributed by atoms with Crippen molar-refractivity contribution in [1.29, 1.82) is 0 Å². The Morgan fingerprint density at radius 3 is 2.00 bits per heavy atom. The molecule has 0 aliphatic heterocycles. The van der Waals surface area contributed by atoms with E-state index in [1.807, 2.05) is 0 Å². The lowest BCUT2D eigenvalue weighted by atomic mass is 9.79. The molecule has 0 fully saturated rings. The smallest absolute Gasteiger partial charge is 0.0471 e. The molecule has 1 N–H and O–H groups in total. The molecule has 0 rings (SSSR count). The topological polar surface area (TPSA) is 21.3 Å². The van der Waals surface area contributed by atoms with Crippen molar-refractivity contribution in [2.75, 3.05) is 19.8 Å².